The van der Waals surface area contributed by atoms with Crippen LogP contribution in [0.5, 0.6) is 0 Å². The van der Waals surface area contributed by atoms with Crippen LogP contribution in [0.2, 0.25) is 5.02 Å². The Balaban J connectivity index is 2.00. The molecule has 0 fully saturated rings. The number of hydrogen-bond acceptors (Lipinski definition) is 5. The van der Waals surface area contributed by atoms with Crippen molar-refractivity contribution >= 4 is 17.4 Å². The van der Waals surface area contributed by atoms with Crippen LogP contribution in [0.3, 0.4) is 0 Å². The molecule has 1 aliphatic rings. The van der Waals surface area contributed by atoms with E-state index in [9.17, 15) is 4.39 Å². The molecule has 0 atom stereocenters. The topological polar surface area (TPSA) is 59.4 Å². The first-order chi connectivity index (χ1) is 9.24. The van der Waals surface area contributed by atoms with E-state index in [1.165, 1.54) is 18.5 Å². The van der Waals surface area contributed by atoms with Crippen LogP contribution in [-0.4, -0.2) is 22.5 Å². The molecule has 7 heteroatoms. The van der Waals surface area contributed by atoms with Gasteiger partial charge in [0.1, 0.15) is 17.8 Å². The first kappa shape index (κ1) is 11.9. The maximum atomic E-state index is 13.1. The van der Waals surface area contributed by atoms with Crippen molar-refractivity contribution in [2.45, 2.75) is 0 Å². The first-order valence-electron chi connectivity index (χ1n) is 5.46. The largest absolute Gasteiger partial charge is 0.372 e. The van der Waals surface area contributed by atoms with Gasteiger partial charge in [0.2, 0.25) is 0 Å². The minimum absolute atomic E-state index is 0.0531. The highest BCUT2D eigenvalue weighted by Crippen LogP contribution is 2.23. The number of oxime groups is 1. The molecule has 5 nitrogen and oxygen atoms in total. The van der Waals surface area contributed by atoms with Crippen molar-refractivity contribution in [1.82, 2.24) is 15.3 Å². The number of nitrogens with zero attached hydrogens (tertiary/aromatic N) is 3. The second-order valence-electron chi connectivity index (χ2n) is 3.81. The van der Waals surface area contributed by atoms with Gasteiger partial charge in [-0.05, 0) is 24.3 Å². The zero-order valence-electron chi connectivity index (χ0n) is 9.60. The molecule has 3 rings (SSSR count). The summed E-state index contributed by atoms with van der Waals surface area (Å²) in [4.78, 5) is 13.1. The lowest BCUT2D eigenvalue weighted by Gasteiger charge is -2.04. The Labute approximate surface area is 113 Å². The molecule has 0 spiro atoms. The highest BCUT2D eigenvalue weighted by Gasteiger charge is 2.13. The molecular formula is C12H8ClFN4O. The van der Waals surface area contributed by atoms with E-state index < -0.39 is 5.82 Å². The Kier molecular flexibility index (Phi) is 3.00. The molecule has 1 aromatic heterocycles. The summed E-state index contributed by atoms with van der Waals surface area (Å²) in [5.74, 6) is 0.0757. The van der Waals surface area contributed by atoms with Crippen LogP contribution in [0, 0.1) is 5.82 Å². The number of benzene rings is 1. The summed E-state index contributed by atoms with van der Waals surface area (Å²) in [6, 6.07) is 6.15. The average Bonchev–Trinajstić information content (AvgIpc) is 2.96. The monoisotopic (exact) mass is 278 g/mol. The van der Waals surface area contributed by atoms with E-state index in [0.717, 1.165) is 0 Å². The van der Waals surface area contributed by atoms with E-state index in [-0.39, 0.29) is 5.02 Å². The van der Waals surface area contributed by atoms with E-state index in [4.69, 9.17) is 16.4 Å². The van der Waals surface area contributed by atoms with E-state index >= 15 is 0 Å². The van der Waals surface area contributed by atoms with E-state index in [2.05, 4.69) is 20.4 Å². The molecule has 96 valence electrons. The van der Waals surface area contributed by atoms with Crippen LogP contribution in [0.1, 0.15) is 5.69 Å². The molecule has 0 unspecified atom stereocenters. The van der Waals surface area contributed by atoms with Gasteiger partial charge >= 0.3 is 0 Å². The molecule has 1 aliphatic heterocycles. The summed E-state index contributed by atoms with van der Waals surface area (Å²) in [6.07, 6.45) is 1.41. The van der Waals surface area contributed by atoms with Gasteiger partial charge in [0.05, 0.1) is 10.7 Å². The van der Waals surface area contributed by atoms with Crippen LogP contribution in [0.4, 0.5) is 4.39 Å². The van der Waals surface area contributed by atoms with Crippen LogP contribution in [0.15, 0.2) is 35.7 Å². The van der Waals surface area contributed by atoms with E-state index in [0.29, 0.717) is 29.5 Å². The summed E-state index contributed by atoms with van der Waals surface area (Å²) in [5.41, 5.74) is 1.93. The predicted octanol–water partition coefficient (Wildman–Crippen LogP) is 2.17. The molecule has 0 amide bonds. The van der Waals surface area contributed by atoms with Gasteiger partial charge in [-0.3, -0.25) is 0 Å². The second-order valence-corrected chi connectivity index (χ2v) is 4.21. The number of halogens is 2. The number of rotatable bonds is 2. The second kappa shape index (κ2) is 4.81. The predicted molar refractivity (Wildman–Crippen MR) is 68.1 cm³/mol. The zero-order valence-corrected chi connectivity index (χ0v) is 10.4. The van der Waals surface area contributed by atoms with Crippen molar-refractivity contribution in [2.75, 3.05) is 6.73 Å². The lowest BCUT2D eigenvalue weighted by Crippen LogP contribution is -2.20. The van der Waals surface area contributed by atoms with E-state index in [1.807, 2.05) is 0 Å². The molecule has 2 aromatic rings. The summed E-state index contributed by atoms with van der Waals surface area (Å²) >= 11 is 5.76. The van der Waals surface area contributed by atoms with Crippen molar-refractivity contribution in [2.24, 2.45) is 5.16 Å². The van der Waals surface area contributed by atoms with Crippen molar-refractivity contribution in [3.05, 3.63) is 47.1 Å². The number of aromatic nitrogens is 2. The molecule has 0 radical (unpaired) electrons. The lowest BCUT2D eigenvalue weighted by atomic mass is 10.1. The zero-order chi connectivity index (χ0) is 13.2. The summed E-state index contributed by atoms with van der Waals surface area (Å²) in [5, 5.41) is 6.78. The average molecular weight is 279 g/mol. The fraction of sp³-hybridized carbons (Fsp3) is 0.0833. The van der Waals surface area contributed by atoms with Gasteiger partial charge in [-0.25, -0.2) is 14.4 Å². The van der Waals surface area contributed by atoms with Gasteiger partial charge in [-0.15, -0.1) is 0 Å². The van der Waals surface area contributed by atoms with Gasteiger partial charge in [0.25, 0.3) is 0 Å². The van der Waals surface area contributed by atoms with Gasteiger partial charge in [0.15, 0.2) is 12.6 Å². The number of hydrogen-bond donors (Lipinski definition) is 1. The summed E-state index contributed by atoms with van der Waals surface area (Å²) in [6.45, 7) is 0.317. The Morgan fingerprint density at radius 3 is 2.79 bits per heavy atom. The molecule has 0 bridgehead atoms. The Morgan fingerprint density at radius 1 is 1.21 bits per heavy atom. The third-order valence-corrected chi connectivity index (χ3v) is 2.87. The number of nitrogens with one attached hydrogen (secondary N) is 1. The van der Waals surface area contributed by atoms with Gasteiger partial charge in [0, 0.05) is 5.56 Å². The van der Waals surface area contributed by atoms with Crippen LogP contribution < -0.4 is 5.32 Å². The minimum Gasteiger partial charge on any atom is -0.372 e. The Morgan fingerprint density at radius 2 is 2.05 bits per heavy atom. The normalized spacial score (nSPS) is 13.7. The van der Waals surface area contributed by atoms with Crippen LogP contribution >= 0.6 is 11.6 Å². The highest BCUT2D eigenvalue weighted by molar-refractivity contribution is 6.31. The summed E-state index contributed by atoms with van der Waals surface area (Å²) in [7, 11) is 0. The quantitative estimate of drug-likeness (QED) is 0.915. The van der Waals surface area contributed by atoms with E-state index in [1.54, 1.807) is 12.1 Å². The Bertz CT molecular complexity index is 662. The van der Waals surface area contributed by atoms with Crippen molar-refractivity contribution in [1.29, 1.82) is 0 Å². The van der Waals surface area contributed by atoms with Crippen molar-refractivity contribution < 1.29 is 9.23 Å². The third kappa shape index (κ3) is 2.34. The standard InChI is InChI=1S/C12H8ClFN4O/c13-8-3-7(1-2-9(8)14)10-4-11(16-5-15-10)12-17-6-19-18-12/h1-5H,6H2,(H,17,18). The maximum absolute atomic E-state index is 13.1. The molecule has 19 heavy (non-hydrogen) atoms. The molecule has 0 aliphatic carbocycles. The molecule has 0 saturated carbocycles. The SMILES string of the molecule is Fc1ccc(-c2cc(C3=NOCN3)ncn2)cc1Cl. The first-order valence-corrected chi connectivity index (χ1v) is 5.83. The molecule has 1 N–H and O–H groups in total. The van der Waals surface area contributed by atoms with Gasteiger partial charge in [-0.2, -0.15) is 0 Å². The Hall–Kier alpha value is -2.21. The molecule has 0 saturated heterocycles. The third-order valence-electron chi connectivity index (χ3n) is 2.59. The maximum Gasteiger partial charge on any atom is 0.194 e. The van der Waals surface area contributed by atoms with Gasteiger partial charge < -0.3 is 10.2 Å². The smallest absolute Gasteiger partial charge is 0.194 e. The summed E-state index contributed by atoms with van der Waals surface area (Å²) < 4.78 is 13.1. The molecular weight excluding hydrogens is 271 g/mol. The van der Waals surface area contributed by atoms with Crippen LogP contribution in [-0.2, 0) is 4.84 Å². The lowest BCUT2D eigenvalue weighted by molar-refractivity contribution is 0.164. The molecule has 1 aromatic carbocycles. The van der Waals surface area contributed by atoms with Gasteiger partial charge in [-0.1, -0.05) is 16.8 Å². The van der Waals surface area contributed by atoms with Crippen molar-refractivity contribution in [3.63, 3.8) is 0 Å². The molecule has 2 heterocycles. The van der Waals surface area contributed by atoms with Crippen LogP contribution in [0.25, 0.3) is 11.3 Å². The fourth-order valence-electron chi connectivity index (χ4n) is 1.67. The fourth-order valence-corrected chi connectivity index (χ4v) is 1.85. The number of amidine groups is 1. The minimum atomic E-state index is -0.463. The highest BCUT2D eigenvalue weighted by atomic mass is 35.5. The van der Waals surface area contributed by atoms with Crippen molar-refractivity contribution in [3.8, 4) is 11.3 Å².